The van der Waals surface area contributed by atoms with Gasteiger partial charge in [0.15, 0.2) is 5.82 Å². The minimum atomic E-state index is 0.585. The summed E-state index contributed by atoms with van der Waals surface area (Å²) in [6, 6.07) is 6.67. The lowest BCUT2D eigenvalue weighted by atomic mass is 10.1. The summed E-state index contributed by atoms with van der Waals surface area (Å²) in [6.07, 6.45) is 3.47. The second-order valence-corrected chi connectivity index (χ2v) is 5.09. The van der Waals surface area contributed by atoms with Crippen molar-refractivity contribution in [2.45, 2.75) is 31.8 Å². The molecule has 2 aromatic rings. The van der Waals surface area contributed by atoms with Gasteiger partial charge in [0, 0.05) is 18.0 Å². The average Bonchev–Trinajstić information content (AvgIpc) is 2.96. The van der Waals surface area contributed by atoms with Crippen molar-refractivity contribution >= 4 is 0 Å². The topological polar surface area (TPSA) is 60.2 Å². The minimum absolute atomic E-state index is 0.585. The van der Waals surface area contributed by atoms with Gasteiger partial charge in [0.05, 0.1) is 13.2 Å². The molecule has 0 radical (unpaired) electrons. The molecule has 1 aliphatic heterocycles. The van der Waals surface area contributed by atoms with E-state index in [1.807, 2.05) is 12.1 Å². The smallest absolute Gasteiger partial charge is 0.257 e. The molecule has 0 amide bonds. The number of nitrogens with one attached hydrogen (secondary N) is 1. The van der Waals surface area contributed by atoms with Crippen LogP contribution in [0.2, 0.25) is 0 Å². The second-order valence-electron chi connectivity index (χ2n) is 5.09. The molecule has 5 heteroatoms. The SMILES string of the molecule is c1cc2c(cc1-c1nc(CNC3CC3)no1)CCO2. The molecule has 1 fully saturated rings. The molecular formula is C14H15N3O2. The number of nitrogens with zero attached hydrogens (tertiary/aromatic N) is 2. The summed E-state index contributed by atoms with van der Waals surface area (Å²) >= 11 is 0. The van der Waals surface area contributed by atoms with E-state index in [0.717, 1.165) is 30.2 Å². The predicted octanol–water partition coefficient (Wildman–Crippen LogP) is 1.92. The molecule has 0 bridgehead atoms. The molecule has 2 aliphatic rings. The lowest BCUT2D eigenvalue weighted by Crippen LogP contribution is -2.16. The summed E-state index contributed by atoms with van der Waals surface area (Å²) < 4.78 is 10.8. The van der Waals surface area contributed by atoms with Crippen molar-refractivity contribution in [2.24, 2.45) is 0 Å². The number of fused-ring (bicyclic) bond motifs is 1. The van der Waals surface area contributed by atoms with Crippen LogP contribution in [-0.4, -0.2) is 22.8 Å². The number of aromatic nitrogens is 2. The average molecular weight is 257 g/mol. The Kier molecular flexibility index (Phi) is 2.51. The molecule has 2 heterocycles. The van der Waals surface area contributed by atoms with Crippen molar-refractivity contribution in [2.75, 3.05) is 6.61 Å². The standard InChI is InChI=1S/C14H15N3O2/c1-4-12-9(5-6-18-12)7-10(1)14-16-13(17-19-14)8-15-11-2-3-11/h1,4,7,11,15H,2-3,5-6,8H2. The molecule has 19 heavy (non-hydrogen) atoms. The van der Waals surface area contributed by atoms with Crippen LogP contribution in [0.15, 0.2) is 22.7 Å². The summed E-state index contributed by atoms with van der Waals surface area (Å²) in [6.45, 7) is 1.45. The van der Waals surface area contributed by atoms with Gasteiger partial charge in [0.2, 0.25) is 0 Å². The first-order chi connectivity index (χ1) is 9.38. The van der Waals surface area contributed by atoms with Gasteiger partial charge in [0.25, 0.3) is 5.89 Å². The fourth-order valence-corrected chi connectivity index (χ4v) is 2.29. The molecule has 0 saturated heterocycles. The summed E-state index contributed by atoms with van der Waals surface area (Å²) in [5.41, 5.74) is 2.18. The molecular weight excluding hydrogens is 242 g/mol. The van der Waals surface area contributed by atoms with Gasteiger partial charge in [-0.15, -0.1) is 0 Å². The quantitative estimate of drug-likeness (QED) is 0.906. The summed E-state index contributed by atoms with van der Waals surface area (Å²) in [4.78, 5) is 4.42. The van der Waals surface area contributed by atoms with Crippen molar-refractivity contribution in [3.8, 4) is 17.2 Å². The molecule has 4 rings (SSSR count). The zero-order valence-corrected chi connectivity index (χ0v) is 10.6. The van der Waals surface area contributed by atoms with Crippen LogP contribution in [0.1, 0.15) is 24.2 Å². The third kappa shape index (κ3) is 2.21. The summed E-state index contributed by atoms with van der Waals surface area (Å²) in [7, 11) is 0. The number of ether oxygens (including phenoxy) is 1. The fraction of sp³-hybridized carbons (Fsp3) is 0.429. The van der Waals surface area contributed by atoms with Crippen molar-refractivity contribution < 1.29 is 9.26 Å². The Hall–Kier alpha value is -1.88. The van der Waals surface area contributed by atoms with Crippen LogP contribution < -0.4 is 10.1 Å². The Labute approximate surface area is 111 Å². The van der Waals surface area contributed by atoms with Gasteiger partial charge in [-0.05, 0) is 36.6 Å². The molecule has 1 aromatic heterocycles. The summed E-state index contributed by atoms with van der Waals surface area (Å²) in [5.74, 6) is 2.28. The molecule has 1 N–H and O–H groups in total. The van der Waals surface area contributed by atoms with E-state index >= 15 is 0 Å². The Balaban J connectivity index is 1.54. The normalized spacial score (nSPS) is 17.3. The Morgan fingerprint density at radius 3 is 3.16 bits per heavy atom. The highest BCUT2D eigenvalue weighted by Gasteiger charge is 2.21. The van der Waals surface area contributed by atoms with Crippen LogP contribution in [-0.2, 0) is 13.0 Å². The van der Waals surface area contributed by atoms with Gasteiger partial charge >= 0.3 is 0 Å². The molecule has 0 atom stereocenters. The second kappa shape index (κ2) is 4.35. The highest BCUT2D eigenvalue weighted by Crippen LogP contribution is 2.29. The van der Waals surface area contributed by atoms with E-state index in [-0.39, 0.29) is 0 Å². The Morgan fingerprint density at radius 2 is 2.26 bits per heavy atom. The van der Waals surface area contributed by atoms with E-state index in [1.165, 1.54) is 18.4 Å². The molecule has 0 spiro atoms. The molecule has 5 nitrogen and oxygen atoms in total. The van der Waals surface area contributed by atoms with Crippen molar-refractivity contribution in [1.29, 1.82) is 0 Å². The Bertz CT molecular complexity index is 604. The van der Waals surface area contributed by atoms with Gasteiger partial charge in [-0.3, -0.25) is 0 Å². The summed E-state index contributed by atoms with van der Waals surface area (Å²) in [5, 5.41) is 7.38. The largest absolute Gasteiger partial charge is 0.493 e. The van der Waals surface area contributed by atoms with E-state index in [9.17, 15) is 0 Å². The zero-order chi connectivity index (χ0) is 12.7. The van der Waals surface area contributed by atoms with E-state index in [0.29, 0.717) is 18.5 Å². The first-order valence-corrected chi connectivity index (χ1v) is 6.70. The lowest BCUT2D eigenvalue weighted by Gasteiger charge is -1.99. The van der Waals surface area contributed by atoms with E-state index in [4.69, 9.17) is 9.26 Å². The highest BCUT2D eigenvalue weighted by atomic mass is 16.5. The molecule has 98 valence electrons. The van der Waals surface area contributed by atoms with E-state index in [2.05, 4.69) is 21.5 Å². The van der Waals surface area contributed by atoms with Crippen LogP contribution in [0.5, 0.6) is 5.75 Å². The predicted molar refractivity (Wildman–Crippen MR) is 68.8 cm³/mol. The van der Waals surface area contributed by atoms with Gasteiger partial charge in [0.1, 0.15) is 5.75 Å². The molecule has 1 aliphatic carbocycles. The van der Waals surface area contributed by atoms with Crippen LogP contribution in [0.3, 0.4) is 0 Å². The van der Waals surface area contributed by atoms with Gasteiger partial charge in [-0.25, -0.2) is 0 Å². The maximum Gasteiger partial charge on any atom is 0.257 e. The lowest BCUT2D eigenvalue weighted by molar-refractivity contribution is 0.357. The van der Waals surface area contributed by atoms with Gasteiger partial charge in [-0.1, -0.05) is 5.16 Å². The van der Waals surface area contributed by atoms with Crippen LogP contribution in [0.25, 0.3) is 11.5 Å². The fourth-order valence-electron chi connectivity index (χ4n) is 2.29. The van der Waals surface area contributed by atoms with Crippen LogP contribution in [0.4, 0.5) is 0 Å². The minimum Gasteiger partial charge on any atom is -0.493 e. The third-order valence-electron chi connectivity index (χ3n) is 3.53. The van der Waals surface area contributed by atoms with Crippen molar-refractivity contribution in [1.82, 2.24) is 15.5 Å². The van der Waals surface area contributed by atoms with Gasteiger partial charge in [-0.2, -0.15) is 4.98 Å². The zero-order valence-electron chi connectivity index (χ0n) is 10.6. The monoisotopic (exact) mass is 257 g/mol. The maximum absolute atomic E-state index is 5.49. The van der Waals surface area contributed by atoms with Crippen LogP contribution in [0, 0.1) is 0 Å². The number of benzene rings is 1. The number of rotatable bonds is 4. The number of hydrogen-bond acceptors (Lipinski definition) is 5. The van der Waals surface area contributed by atoms with Crippen LogP contribution >= 0.6 is 0 Å². The first kappa shape index (κ1) is 11.0. The molecule has 0 unspecified atom stereocenters. The van der Waals surface area contributed by atoms with Gasteiger partial charge < -0.3 is 14.6 Å². The first-order valence-electron chi connectivity index (χ1n) is 6.70. The van der Waals surface area contributed by atoms with Crippen molar-refractivity contribution in [3.63, 3.8) is 0 Å². The van der Waals surface area contributed by atoms with E-state index < -0.39 is 0 Å². The van der Waals surface area contributed by atoms with Crippen molar-refractivity contribution in [3.05, 3.63) is 29.6 Å². The maximum atomic E-state index is 5.49. The third-order valence-corrected chi connectivity index (χ3v) is 3.53. The Morgan fingerprint density at radius 1 is 1.32 bits per heavy atom. The van der Waals surface area contributed by atoms with E-state index in [1.54, 1.807) is 0 Å². The molecule has 1 aromatic carbocycles. The number of hydrogen-bond donors (Lipinski definition) is 1. The highest BCUT2D eigenvalue weighted by molar-refractivity contribution is 5.58. The molecule has 1 saturated carbocycles.